The van der Waals surface area contributed by atoms with Gasteiger partial charge < -0.3 is 150 Å². The maximum absolute atomic E-state index is 15.4. The van der Waals surface area contributed by atoms with Crippen LogP contribution in [-0.4, -0.2) is 266 Å². The van der Waals surface area contributed by atoms with E-state index in [2.05, 4.69) is 95.0 Å². The smallest absolute Gasteiger partial charge is 0.326 e. The molecule has 0 aliphatic rings. The van der Waals surface area contributed by atoms with Crippen LogP contribution in [0.25, 0.3) is 21.8 Å². The highest BCUT2D eigenvalue weighted by Crippen LogP contribution is 2.23. The summed E-state index contributed by atoms with van der Waals surface area (Å²) in [5.41, 5.74) is 35.4. The minimum Gasteiger partial charge on any atom is -0.508 e. The summed E-state index contributed by atoms with van der Waals surface area (Å²) in [6.07, 6.45) is -0.263. The van der Waals surface area contributed by atoms with Crippen LogP contribution < -0.4 is 119 Å². The number of fused-ring (bicyclic) bond motifs is 2. The fourth-order valence-electron chi connectivity index (χ4n) is 13.7. The number of phenols is 1. The lowest BCUT2D eigenvalue weighted by Gasteiger charge is -2.29. The van der Waals surface area contributed by atoms with E-state index in [1.165, 1.54) is 52.0 Å². The van der Waals surface area contributed by atoms with E-state index in [1.54, 1.807) is 88.6 Å². The molecule has 0 radical (unpaired) electrons. The molecule has 17 amide bonds. The van der Waals surface area contributed by atoms with Crippen LogP contribution in [0.1, 0.15) is 136 Å². The summed E-state index contributed by atoms with van der Waals surface area (Å²) >= 11 is 0. The van der Waals surface area contributed by atoms with Gasteiger partial charge in [0.05, 0.1) is 25.7 Å². The van der Waals surface area contributed by atoms with Gasteiger partial charge >= 0.3 is 5.97 Å². The molecule has 15 atom stereocenters. The SMILES string of the molecule is CC(C)C[C@H](NC(=O)[C@H](CCC(N)=O)NC(=O)[C@@H](N)CCC(N)=O)C(=O)N[C@H](C(=O)N[C@@H](Cc1ccc(O)cc1)C(=O)N[C@@H](CC(N)=O)C(=O)N[C@@H](Cc1c[nH]c2ccccc12)C(=O)N[C@@H](Cc1c[nH]c2ccccc12)C(=O)N[C@@H](C)C(=O)N[C@H](C(=O)N[C@@H](CO)C(=O)N[C@@H](CO)C(=O)N[C@@H](C)C(=O)N[C@@H](CCCNC(=N)N)C(=O)N[C@@H](CCCNC(=N)N)C(=O)O)C(C)C)C(C)C. The molecule has 3 aromatic carbocycles. The molecule has 2 aromatic heterocycles. The topological polar surface area (TPSA) is 816 Å². The molecular formula is C85H126N26O22. The average molecular weight is 1860 g/mol. The Morgan fingerprint density at radius 2 is 0.714 bits per heavy atom. The van der Waals surface area contributed by atoms with Gasteiger partial charge in [-0.1, -0.05) is 90.1 Å². The van der Waals surface area contributed by atoms with E-state index in [0.29, 0.717) is 38.5 Å². The molecule has 5 aromatic rings. The molecule has 728 valence electrons. The number of aliphatic carboxylic acids is 1. The highest BCUT2D eigenvalue weighted by molar-refractivity contribution is 6.02. The number of phenolic OH excluding ortho intramolecular Hbond substituents is 1. The molecule has 48 heteroatoms. The van der Waals surface area contributed by atoms with Crippen LogP contribution in [0.5, 0.6) is 5.75 Å². The van der Waals surface area contributed by atoms with Crippen molar-refractivity contribution in [3.8, 4) is 5.75 Å². The quantitative estimate of drug-likeness (QED) is 0.00977. The van der Waals surface area contributed by atoms with E-state index < -0.39 is 247 Å². The van der Waals surface area contributed by atoms with Gasteiger partial charge in [0.2, 0.25) is 100 Å². The number of aromatic hydroxyl groups is 1. The summed E-state index contributed by atoms with van der Waals surface area (Å²) in [5, 5.41) is 96.5. The number of rotatable bonds is 57. The Bertz CT molecular complexity index is 4940. The number of carbonyl (C=O) groups excluding carboxylic acids is 17. The van der Waals surface area contributed by atoms with Gasteiger partial charge in [0.25, 0.3) is 0 Å². The van der Waals surface area contributed by atoms with E-state index in [9.17, 15) is 87.5 Å². The number of para-hydroxylation sites is 2. The number of benzene rings is 3. The van der Waals surface area contributed by atoms with Crippen molar-refractivity contribution in [3.63, 3.8) is 0 Å². The summed E-state index contributed by atoms with van der Waals surface area (Å²) in [6, 6.07) is -5.06. The van der Waals surface area contributed by atoms with Crippen molar-refractivity contribution >= 4 is 140 Å². The van der Waals surface area contributed by atoms with Gasteiger partial charge in [-0.3, -0.25) is 92.3 Å². The van der Waals surface area contributed by atoms with Crippen LogP contribution in [0.3, 0.4) is 0 Å². The summed E-state index contributed by atoms with van der Waals surface area (Å²) in [4.78, 5) is 255. The average Bonchev–Trinajstić information content (AvgIpc) is 1.67. The Balaban J connectivity index is 1.39. The van der Waals surface area contributed by atoms with Crippen LogP contribution in [0, 0.1) is 28.6 Å². The van der Waals surface area contributed by atoms with Crippen LogP contribution >= 0.6 is 0 Å². The second kappa shape index (κ2) is 53.5. The zero-order valence-corrected chi connectivity index (χ0v) is 75.1. The van der Waals surface area contributed by atoms with Crippen LogP contribution in [0.2, 0.25) is 0 Å². The molecular weight excluding hydrogens is 1740 g/mol. The molecule has 0 fully saturated rings. The van der Waals surface area contributed by atoms with Crippen molar-refractivity contribution in [1.82, 2.24) is 95.0 Å². The second-order valence-corrected chi connectivity index (χ2v) is 33.1. The van der Waals surface area contributed by atoms with Crippen molar-refractivity contribution < 1.29 is 107 Å². The highest BCUT2D eigenvalue weighted by Gasteiger charge is 2.40. The third-order valence-corrected chi connectivity index (χ3v) is 21.0. The standard InChI is InChI=1S/C85H126N26O22/c1-40(2)31-57(103-73(122)55(26-28-65(88)116)101-71(120)51(86)25-27-64(87)115)78(127)111-68(42(5)6)81(130)107-58(32-45-21-23-48(114)24-22-45)75(124)106-61(35-66(89)117)77(126)105-60(34-47-37-97-53-18-12-10-16-50(47)53)76(125)104-59(33-46-36-96-52-17-11-9-15-49(46)52)74(123)98-44(8)70(119)110-67(41(3)4)82(131)109-63(39-113)80(129)108-62(38-112)79(128)99-43(7)69(118)100-54(19-13-29-94-84(90)91)72(121)102-56(83(132)133)20-14-30-95-85(92)93/h9-12,15-18,21-24,36-37,40-44,51,54-63,67-68,96-97,112-114H,13-14,19-20,25-35,38-39,86H2,1-8H3,(H2,87,115)(H2,88,116)(H2,89,117)(H,98,123)(H,99,128)(H,100,118)(H,101,120)(H,102,121)(H,103,122)(H,104,125)(H,105,126)(H,106,124)(H,107,130)(H,108,129)(H,109,131)(H,110,119)(H,111,127)(H,132,133)(H4,90,91,94)(H4,92,93,95)/t43-,44-,51-,54-,55-,56-,57-,58-,59-,60-,61-,62-,63-,67-,68-/m0/s1. The van der Waals surface area contributed by atoms with E-state index in [0.717, 1.165) is 0 Å². The number of nitrogens with two attached hydrogens (primary N) is 6. The Hall–Kier alpha value is -14.6. The number of aliphatic hydroxyl groups is 2. The lowest BCUT2D eigenvalue weighted by molar-refractivity contribution is -0.142. The number of aliphatic hydroxyl groups excluding tert-OH is 2. The van der Waals surface area contributed by atoms with Gasteiger partial charge in [0.15, 0.2) is 11.9 Å². The number of carboxylic acid groups (broad SMARTS) is 1. The number of aromatic amines is 2. The molecule has 48 nitrogen and oxygen atoms in total. The first-order chi connectivity index (χ1) is 62.7. The molecule has 0 saturated heterocycles. The Labute approximate surface area is 765 Å². The van der Waals surface area contributed by atoms with Crippen molar-refractivity contribution in [1.29, 1.82) is 10.8 Å². The van der Waals surface area contributed by atoms with Crippen molar-refractivity contribution in [2.75, 3.05) is 26.3 Å². The number of H-pyrrole nitrogens is 2. The van der Waals surface area contributed by atoms with Crippen molar-refractivity contribution in [2.45, 2.75) is 229 Å². The first-order valence-electron chi connectivity index (χ1n) is 43.0. The monoisotopic (exact) mass is 1860 g/mol. The Morgan fingerprint density at radius 3 is 1.17 bits per heavy atom. The lowest BCUT2D eigenvalue weighted by Crippen LogP contribution is -2.62. The summed E-state index contributed by atoms with van der Waals surface area (Å²) in [5.74, 6) is -21.8. The molecule has 5 rings (SSSR count). The molecule has 2 heterocycles. The maximum Gasteiger partial charge on any atom is 0.326 e. The zero-order valence-electron chi connectivity index (χ0n) is 75.1. The molecule has 0 saturated carbocycles. The molecule has 0 aliphatic carbocycles. The van der Waals surface area contributed by atoms with Gasteiger partial charge in [0, 0.05) is 79.4 Å². The number of amides is 17. The van der Waals surface area contributed by atoms with Crippen molar-refractivity contribution in [2.24, 2.45) is 52.2 Å². The minimum absolute atomic E-state index is 0.0454. The fourth-order valence-corrected chi connectivity index (χ4v) is 13.7. The third kappa shape index (κ3) is 36.4. The first-order valence-corrected chi connectivity index (χ1v) is 43.0. The zero-order chi connectivity index (χ0) is 99.2. The normalized spacial score (nSPS) is 14.6. The number of nitrogens with one attached hydrogen (secondary N) is 20. The highest BCUT2D eigenvalue weighted by atomic mass is 16.4. The fraction of sp³-hybridized carbons (Fsp3) is 0.506. The number of hydrogen-bond acceptors (Lipinski definition) is 24. The third-order valence-electron chi connectivity index (χ3n) is 21.0. The second-order valence-electron chi connectivity index (χ2n) is 33.1. The number of primary amides is 3. The summed E-state index contributed by atoms with van der Waals surface area (Å²) < 4.78 is 0. The number of hydrogen-bond donors (Lipinski definition) is 30. The molecule has 133 heavy (non-hydrogen) atoms. The summed E-state index contributed by atoms with van der Waals surface area (Å²) in [7, 11) is 0. The van der Waals surface area contributed by atoms with E-state index in [1.807, 2.05) is 0 Å². The molecule has 0 aliphatic heterocycles. The van der Waals surface area contributed by atoms with E-state index in [-0.39, 0.29) is 94.9 Å². The lowest BCUT2D eigenvalue weighted by atomic mass is 9.98. The molecule has 0 unspecified atom stereocenters. The maximum atomic E-state index is 15.4. The van der Waals surface area contributed by atoms with Gasteiger partial charge in [-0.25, -0.2) is 4.79 Å². The predicted molar refractivity (Wildman–Crippen MR) is 482 cm³/mol. The number of aromatic nitrogens is 2. The van der Waals surface area contributed by atoms with Crippen LogP contribution in [-0.2, 0) is 106 Å². The van der Waals surface area contributed by atoms with Crippen LogP contribution in [0.15, 0.2) is 85.2 Å². The molecule has 0 bridgehead atoms. The number of carboxylic acids is 1. The van der Waals surface area contributed by atoms with Gasteiger partial charge in [-0.2, -0.15) is 0 Å². The van der Waals surface area contributed by atoms with E-state index in [4.69, 9.17) is 45.2 Å². The van der Waals surface area contributed by atoms with Crippen molar-refractivity contribution in [3.05, 3.63) is 102 Å². The summed E-state index contributed by atoms with van der Waals surface area (Å²) in [6.45, 7) is 9.76. The van der Waals surface area contributed by atoms with Gasteiger partial charge in [0.1, 0.15) is 90.3 Å². The number of carbonyl (C=O) groups is 18. The first kappa shape index (κ1) is 109. The minimum atomic E-state index is -1.97. The van der Waals surface area contributed by atoms with Gasteiger partial charge in [-0.05, 0) is 118 Å². The Kier molecular flexibility index (Phi) is 43.9. The van der Waals surface area contributed by atoms with E-state index >= 15 is 19.2 Å². The number of guanidine groups is 2. The molecule has 36 N–H and O–H groups in total. The predicted octanol–water partition coefficient (Wildman–Crippen LogP) is -7.10. The van der Waals surface area contributed by atoms with Gasteiger partial charge in [-0.15, -0.1) is 0 Å². The van der Waals surface area contributed by atoms with Crippen LogP contribution in [0.4, 0.5) is 0 Å². The Morgan fingerprint density at radius 1 is 0.368 bits per heavy atom. The molecule has 0 spiro atoms. The largest absolute Gasteiger partial charge is 0.508 e.